The van der Waals surface area contributed by atoms with Crippen LogP contribution >= 0.6 is 11.6 Å². The number of nitrogens with one attached hydrogen (secondary N) is 1. The van der Waals surface area contributed by atoms with Gasteiger partial charge in [-0.2, -0.15) is 0 Å². The summed E-state index contributed by atoms with van der Waals surface area (Å²) in [5, 5.41) is 0.494. The lowest BCUT2D eigenvalue weighted by Gasteiger charge is -2.16. The number of benzene rings is 1. The van der Waals surface area contributed by atoms with Crippen molar-refractivity contribution >= 4 is 17.5 Å². The molecule has 0 bridgehead atoms. The molecule has 6 heteroatoms. The second-order valence-electron chi connectivity index (χ2n) is 3.33. The van der Waals surface area contributed by atoms with Gasteiger partial charge in [-0.3, -0.25) is 10.2 Å². The third kappa shape index (κ3) is 2.44. The predicted molar refractivity (Wildman–Crippen MR) is 62.0 cm³/mol. The third-order valence-corrected chi connectivity index (χ3v) is 2.45. The molecule has 1 amide bonds. The Morgan fingerprint density at radius 3 is 2.69 bits per heavy atom. The molecule has 0 saturated heterocycles. The van der Waals surface area contributed by atoms with Crippen LogP contribution in [0.4, 0.5) is 0 Å². The van der Waals surface area contributed by atoms with E-state index in [1.807, 2.05) is 12.3 Å². The van der Waals surface area contributed by atoms with Gasteiger partial charge < -0.3 is 10.5 Å². The highest BCUT2D eigenvalue weighted by molar-refractivity contribution is 6.30. The maximum Gasteiger partial charge on any atom is 0.255 e. The number of amides is 1. The van der Waals surface area contributed by atoms with Gasteiger partial charge in [0.15, 0.2) is 0 Å². The van der Waals surface area contributed by atoms with Crippen molar-refractivity contribution in [3.63, 3.8) is 0 Å². The zero-order valence-corrected chi connectivity index (χ0v) is 9.84. The minimum Gasteiger partial charge on any atom is -0.496 e. The largest absolute Gasteiger partial charge is 0.496 e. The van der Waals surface area contributed by atoms with Gasteiger partial charge in [-0.05, 0) is 24.6 Å². The summed E-state index contributed by atoms with van der Waals surface area (Å²) in [6.07, 6.45) is 0. The van der Waals surface area contributed by atoms with Gasteiger partial charge in [0.05, 0.1) is 7.11 Å². The van der Waals surface area contributed by atoms with Crippen LogP contribution in [0.3, 0.4) is 0 Å². The van der Waals surface area contributed by atoms with Gasteiger partial charge in [0.25, 0.3) is 5.91 Å². The van der Waals surface area contributed by atoms with Crippen LogP contribution in [0.2, 0.25) is 5.02 Å². The van der Waals surface area contributed by atoms with E-state index in [-0.39, 0.29) is 0 Å². The highest BCUT2D eigenvalue weighted by Gasteiger charge is 2.20. The van der Waals surface area contributed by atoms with E-state index in [2.05, 4.69) is 0 Å². The van der Waals surface area contributed by atoms with Crippen LogP contribution in [-0.4, -0.2) is 13.0 Å². The Morgan fingerprint density at radius 1 is 1.56 bits per heavy atom. The number of hydrazine groups is 1. The molecule has 0 aliphatic rings. The van der Waals surface area contributed by atoms with E-state index in [9.17, 15) is 4.79 Å². The SMILES string of the molecule is COc1c(C)cc(Cl)cc1C(N)C(=O)NN. The molecule has 5 N–H and O–H groups in total. The first-order chi connectivity index (χ1) is 7.51. The van der Waals surface area contributed by atoms with Crippen molar-refractivity contribution in [2.45, 2.75) is 13.0 Å². The normalized spacial score (nSPS) is 12.1. The van der Waals surface area contributed by atoms with Crippen LogP contribution in [0.15, 0.2) is 12.1 Å². The molecular weight excluding hydrogens is 230 g/mol. The number of methoxy groups -OCH3 is 1. The Balaban J connectivity index is 3.25. The fourth-order valence-electron chi connectivity index (χ4n) is 1.50. The highest BCUT2D eigenvalue weighted by Crippen LogP contribution is 2.31. The fraction of sp³-hybridized carbons (Fsp3) is 0.300. The molecule has 0 aliphatic carbocycles. The van der Waals surface area contributed by atoms with Crippen molar-refractivity contribution in [1.82, 2.24) is 5.43 Å². The second-order valence-corrected chi connectivity index (χ2v) is 3.77. The molecule has 0 saturated carbocycles. The molecule has 1 aromatic rings. The summed E-state index contributed by atoms with van der Waals surface area (Å²) in [6.45, 7) is 1.82. The van der Waals surface area contributed by atoms with Gasteiger partial charge in [-0.1, -0.05) is 11.6 Å². The third-order valence-electron chi connectivity index (χ3n) is 2.23. The van der Waals surface area contributed by atoms with E-state index in [0.717, 1.165) is 5.56 Å². The fourth-order valence-corrected chi connectivity index (χ4v) is 1.78. The number of hydrogen-bond donors (Lipinski definition) is 3. The van der Waals surface area contributed by atoms with Crippen LogP contribution in [0.1, 0.15) is 17.2 Å². The number of rotatable bonds is 3. The molecule has 88 valence electrons. The Morgan fingerprint density at radius 2 is 2.19 bits per heavy atom. The van der Waals surface area contributed by atoms with Gasteiger partial charge in [0.2, 0.25) is 0 Å². The van der Waals surface area contributed by atoms with Crippen molar-refractivity contribution in [2.24, 2.45) is 11.6 Å². The summed E-state index contributed by atoms with van der Waals surface area (Å²) >= 11 is 5.90. The van der Waals surface area contributed by atoms with E-state index >= 15 is 0 Å². The molecular formula is C10H14ClN3O2. The molecule has 1 unspecified atom stereocenters. The summed E-state index contributed by atoms with van der Waals surface area (Å²) in [5.41, 5.74) is 9.04. The van der Waals surface area contributed by atoms with Crippen molar-refractivity contribution in [2.75, 3.05) is 7.11 Å². The van der Waals surface area contributed by atoms with Crippen LogP contribution in [-0.2, 0) is 4.79 Å². The summed E-state index contributed by atoms with van der Waals surface area (Å²) in [5.74, 6) is 5.07. The van der Waals surface area contributed by atoms with E-state index < -0.39 is 11.9 Å². The molecule has 0 aliphatic heterocycles. The quantitative estimate of drug-likeness (QED) is 0.413. The monoisotopic (exact) mass is 243 g/mol. The number of hydrogen-bond acceptors (Lipinski definition) is 4. The lowest BCUT2D eigenvalue weighted by molar-refractivity contribution is -0.122. The molecule has 0 radical (unpaired) electrons. The first-order valence-electron chi connectivity index (χ1n) is 4.61. The van der Waals surface area contributed by atoms with E-state index in [0.29, 0.717) is 16.3 Å². The lowest BCUT2D eigenvalue weighted by atomic mass is 10.0. The summed E-state index contributed by atoms with van der Waals surface area (Å²) in [7, 11) is 1.51. The lowest BCUT2D eigenvalue weighted by Crippen LogP contribution is -2.38. The average molecular weight is 244 g/mol. The van der Waals surface area contributed by atoms with Crippen molar-refractivity contribution < 1.29 is 9.53 Å². The van der Waals surface area contributed by atoms with E-state index in [1.54, 1.807) is 12.1 Å². The summed E-state index contributed by atoms with van der Waals surface area (Å²) < 4.78 is 5.19. The van der Waals surface area contributed by atoms with Crippen molar-refractivity contribution in [3.05, 3.63) is 28.3 Å². The standard InChI is InChI=1S/C10H14ClN3O2/c1-5-3-6(11)4-7(9(5)16-2)8(12)10(15)14-13/h3-4,8H,12-13H2,1-2H3,(H,14,15). The summed E-state index contributed by atoms with van der Waals surface area (Å²) in [6, 6.07) is 2.42. The minimum atomic E-state index is -0.905. The van der Waals surface area contributed by atoms with Gasteiger partial charge in [0.1, 0.15) is 11.8 Å². The van der Waals surface area contributed by atoms with Crippen LogP contribution < -0.4 is 21.7 Å². The van der Waals surface area contributed by atoms with Crippen LogP contribution in [0, 0.1) is 6.92 Å². The van der Waals surface area contributed by atoms with Crippen LogP contribution in [0.25, 0.3) is 0 Å². The molecule has 0 spiro atoms. The van der Waals surface area contributed by atoms with Gasteiger partial charge in [0, 0.05) is 10.6 Å². The first-order valence-corrected chi connectivity index (χ1v) is 4.99. The first kappa shape index (κ1) is 12.8. The Bertz CT molecular complexity index is 409. The molecule has 1 rings (SSSR count). The molecule has 5 nitrogen and oxygen atoms in total. The maximum atomic E-state index is 11.3. The molecule has 1 aromatic carbocycles. The van der Waals surface area contributed by atoms with Gasteiger partial charge >= 0.3 is 0 Å². The minimum absolute atomic E-state index is 0.494. The number of aryl methyl sites for hydroxylation is 1. The van der Waals surface area contributed by atoms with Crippen LogP contribution in [0.5, 0.6) is 5.75 Å². The Hall–Kier alpha value is -1.30. The topological polar surface area (TPSA) is 90.4 Å². The van der Waals surface area contributed by atoms with Gasteiger partial charge in [-0.15, -0.1) is 0 Å². The number of halogens is 1. The van der Waals surface area contributed by atoms with Crippen molar-refractivity contribution in [3.8, 4) is 5.75 Å². The smallest absolute Gasteiger partial charge is 0.255 e. The zero-order chi connectivity index (χ0) is 12.3. The molecule has 0 heterocycles. The zero-order valence-electron chi connectivity index (χ0n) is 9.08. The van der Waals surface area contributed by atoms with Gasteiger partial charge in [-0.25, -0.2) is 5.84 Å². The number of nitrogens with two attached hydrogens (primary N) is 2. The maximum absolute atomic E-state index is 11.3. The highest BCUT2D eigenvalue weighted by atomic mass is 35.5. The number of carbonyl (C=O) groups excluding carboxylic acids is 1. The molecule has 0 fully saturated rings. The number of carbonyl (C=O) groups is 1. The predicted octanol–water partition coefficient (Wildman–Crippen LogP) is 0.647. The second kappa shape index (κ2) is 5.16. The summed E-state index contributed by atoms with van der Waals surface area (Å²) in [4.78, 5) is 11.3. The van der Waals surface area contributed by atoms with E-state index in [4.69, 9.17) is 27.9 Å². The van der Waals surface area contributed by atoms with Crippen molar-refractivity contribution in [1.29, 1.82) is 0 Å². The number of ether oxygens (including phenoxy) is 1. The molecule has 0 aromatic heterocycles. The molecule has 16 heavy (non-hydrogen) atoms. The Labute approximate surface area is 98.7 Å². The Kier molecular flexibility index (Phi) is 4.12. The van der Waals surface area contributed by atoms with E-state index in [1.165, 1.54) is 7.11 Å². The molecule has 1 atom stereocenters. The average Bonchev–Trinajstić information content (AvgIpc) is 2.26.